The van der Waals surface area contributed by atoms with E-state index < -0.39 is 6.36 Å². The number of hydrogen-bond donors (Lipinski definition) is 1. The minimum atomic E-state index is -4.51. The van der Waals surface area contributed by atoms with Gasteiger partial charge in [-0.1, -0.05) is 12.8 Å². The minimum absolute atomic E-state index is 0.0709. The van der Waals surface area contributed by atoms with Crippen molar-refractivity contribution in [3.8, 4) is 0 Å². The maximum absolute atomic E-state index is 12.0. The van der Waals surface area contributed by atoms with Crippen LogP contribution in [0.15, 0.2) is 0 Å². The molecule has 0 aromatic rings. The molecular weight excluding hydrogens is 245 g/mol. The average molecular weight is 266 g/mol. The maximum atomic E-state index is 12.0. The quantitative estimate of drug-likeness (QED) is 0.847. The molecule has 1 unspecified atom stereocenters. The van der Waals surface area contributed by atoms with Crippen LogP contribution in [-0.2, 0) is 4.74 Å². The Kier molecular flexibility index (Phi) is 4.18. The Labute approximate surface area is 106 Å². The lowest BCUT2D eigenvalue weighted by Crippen LogP contribution is -2.63. The van der Waals surface area contributed by atoms with Crippen molar-refractivity contribution in [2.24, 2.45) is 0 Å². The predicted octanol–water partition coefficient (Wildman–Crippen LogP) is 2.13. The van der Waals surface area contributed by atoms with Crippen molar-refractivity contribution < 1.29 is 17.9 Å². The second-order valence-electron chi connectivity index (χ2n) is 5.45. The molecule has 1 aliphatic carbocycles. The van der Waals surface area contributed by atoms with Gasteiger partial charge in [-0.3, -0.25) is 9.64 Å². The molecule has 1 N–H and O–H groups in total. The first kappa shape index (κ1) is 14.1. The Morgan fingerprint density at radius 3 is 2.61 bits per heavy atom. The Morgan fingerprint density at radius 2 is 2.00 bits per heavy atom. The molecule has 0 radical (unpaired) electrons. The molecule has 1 spiro atoms. The Bertz CT molecular complexity index is 277. The van der Waals surface area contributed by atoms with Crippen molar-refractivity contribution >= 4 is 0 Å². The summed E-state index contributed by atoms with van der Waals surface area (Å²) in [5.41, 5.74) is 0.0709. The molecule has 1 atom stereocenters. The van der Waals surface area contributed by atoms with Crippen LogP contribution in [0, 0.1) is 0 Å². The number of ether oxygens (including phenoxy) is 1. The molecule has 2 rings (SSSR count). The number of piperazine rings is 1. The molecule has 2 fully saturated rings. The van der Waals surface area contributed by atoms with Gasteiger partial charge < -0.3 is 5.32 Å². The third-order valence-electron chi connectivity index (χ3n) is 4.11. The van der Waals surface area contributed by atoms with Crippen LogP contribution >= 0.6 is 0 Å². The van der Waals surface area contributed by atoms with E-state index in [1.807, 2.05) is 0 Å². The fraction of sp³-hybridized carbons (Fsp3) is 1.00. The van der Waals surface area contributed by atoms with Crippen LogP contribution in [0.4, 0.5) is 13.2 Å². The van der Waals surface area contributed by atoms with E-state index >= 15 is 0 Å². The molecule has 1 saturated carbocycles. The molecule has 1 heterocycles. The lowest BCUT2D eigenvalue weighted by molar-refractivity contribution is -0.325. The zero-order valence-electron chi connectivity index (χ0n) is 10.7. The maximum Gasteiger partial charge on any atom is 0.522 e. The number of hydrogen-bond acceptors (Lipinski definition) is 3. The molecule has 2 aliphatic rings. The van der Waals surface area contributed by atoms with Crippen molar-refractivity contribution in [2.75, 3.05) is 26.2 Å². The molecule has 0 aromatic carbocycles. The van der Waals surface area contributed by atoms with Gasteiger partial charge in [0.25, 0.3) is 0 Å². The molecule has 1 aliphatic heterocycles. The molecule has 3 nitrogen and oxygen atoms in total. The van der Waals surface area contributed by atoms with Crippen LogP contribution < -0.4 is 5.32 Å². The summed E-state index contributed by atoms with van der Waals surface area (Å²) in [5, 5.41) is 3.45. The van der Waals surface area contributed by atoms with E-state index in [4.69, 9.17) is 0 Å². The van der Waals surface area contributed by atoms with Crippen LogP contribution in [0.25, 0.3) is 0 Å². The monoisotopic (exact) mass is 266 g/mol. The van der Waals surface area contributed by atoms with Gasteiger partial charge in [0, 0.05) is 31.2 Å². The summed E-state index contributed by atoms with van der Waals surface area (Å²) in [7, 11) is 0. The molecule has 6 heteroatoms. The highest BCUT2D eigenvalue weighted by Crippen LogP contribution is 2.36. The van der Waals surface area contributed by atoms with Gasteiger partial charge in [0.2, 0.25) is 0 Å². The Balaban J connectivity index is 1.90. The van der Waals surface area contributed by atoms with Gasteiger partial charge in [0.1, 0.15) is 0 Å². The van der Waals surface area contributed by atoms with Gasteiger partial charge in [-0.15, -0.1) is 13.2 Å². The molecule has 0 bridgehead atoms. The molecule has 0 aromatic heterocycles. The molecular formula is C12H21F3N2O. The summed E-state index contributed by atoms with van der Waals surface area (Å²) >= 11 is 0. The van der Waals surface area contributed by atoms with E-state index in [2.05, 4.69) is 21.9 Å². The van der Waals surface area contributed by atoms with E-state index in [1.54, 1.807) is 0 Å². The van der Waals surface area contributed by atoms with E-state index in [0.29, 0.717) is 12.6 Å². The summed E-state index contributed by atoms with van der Waals surface area (Å²) in [5.74, 6) is 0. The van der Waals surface area contributed by atoms with Crippen LogP contribution in [0.3, 0.4) is 0 Å². The van der Waals surface area contributed by atoms with Gasteiger partial charge in [0.05, 0.1) is 6.61 Å². The third-order valence-corrected chi connectivity index (χ3v) is 4.11. The average Bonchev–Trinajstić information content (AvgIpc) is 2.71. The second kappa shape index (κ2) is 5.35. The first-order valence-electron chi connectivity index (χ1n) is 6.60. The van der Waals surface area contributed by atoms with Crippen LogP contribution in [0.2, 0.25) is 0 Å². The number of rotatable bonds is 3. The fourth-order valence-corrected chi connectivity index (χ4v) is 3.19. The normalized spacial score (nSPS) is 29.0. The van der Waals surface area contributed by atoms with Crippen molar-refractivity contribution in [1.82, 2.24) is 10.2 Å². The standard InChI is InChI=1S/C12H21F3N2O/c1-10-8-17(6-7-18-12(13,14)15)11(9-16-10)4-2-3-5-11/h10,16H,2-9H2,1H3. The van der Waals surface area contributed by atoms with Gasteiger partial charge in [-0.05, 0) is 19.8 Å². The molecule has 106 valence electrons. The van der Waals surface area contributed by atoms with E-state index in [9.17, 15) is 13.2 Å². The summed E-state index contributed by atoms with van der Waals surface area (Å²) in [6.07, 6.45) is -0.000649. The van der Waals surface area contributed by atoms with Crippen molar-refractivity contribution in [3.63, 3.8) is 0 Å². The predicted molar refractivity (Wildman–Crippen MR) is 62.2 cm³/mol. The third kappa shape index (κ3) is 3.36. The second-order valence-corrected chi connectivity index (χ2v) is 5.45. The number of halogens is 3. The fourth-order valence-electron chi connectivity index (χ4n) is 3.19. The smallest absolute Gasteiger partial charge is 0.311 e. The van der Waals surface area contributed by atoms with Crippen LogP contribution in [0.1, 0.15) is 32.6 Å². The molecule has 1 saturated heterocycles. The lowest BCUT2D eigenvalue weighted by atomic mass is 9.91. The van der Waals surface area contributed by atoms with Crippen molar-refractivity contribution in [2.45, 2.75) is 50.6 Å². The highest BCUT2D eigenvalue weighted by Gasteiger charge is 2.42. The summed E-state index contributed by atoms with van der Waals surface area (Å²) in [6, 6.07) is 0.335. The first-order valence-corrected chi connectivity index (χ1v) is 6.60. The van der Waals surface area contributed by atoms with E-state index in [-0.39, 0.29) is 12.1 Å². The zero-order chi connectivity index (χ0) is 13.2. The Hall–Kier alpha value is -0.330. The van der Waals surface area contributed by atoms with Gasteiger partial charge in [-0.25, -0.2) is 0 Å². The van der Waals surface area contributed by atoms with E-state index in [0.717, 1.165) is 25.9 Å². The topological polar surface area (TPSA) is 24.5 Å². The van der Waals surface area contributed by atoms with E-state index in [1.165, 1.54) is 12.8 Å². The first-order chi connectivity index (χ1) is 8.41. The van der Waals surface area contributed by atoms with Crippen LogP contribution in [0.5, 0.6) is 0 Å². The van der Waals surface area contributed by atoms with Crippen LogP contribution in [-0.4, -0.2) is 49.1 Å². The highest BCUT2D eigenvalue weighted by atomic mass is 19.4. The SMILES string of the molecule is CC1CN(CCOC(F)(F)F)C2(CCCC2)CN1. The van der Waals surface area contributed by atoms with Gasteiger partial charge in [0.15, 0.2) is 0 Å². The van der Waals surface area contributed by atoms with Crippen molar-refractivity contribution in [1.29, 1.82) is 0 Å². The lowest BCUT2D eigenvalue weighted by Gasteiger charge is -2.47. The summed E-state index contributed by atoms with van der Waals surface area (Å²) < 4.78 is 39.9. The van der Waals surface area contributed by atoms with Crippen molar-refractivity contribution in [3.05, 3.63) is 0 Å². The zero-order valence-corrected chi connectivity index (χ0v) is 10.7. The number of nitrogens with zero attached hydrogens (tertiary/aromatic N) is 1. The largest absolute Gasteiger partial charge is 0.522 e. The minimum Gasteiger partial charge on any atom is -0.311 e. The summed E-state index contributed by atoms with van der Waals surface area (Å²) in [6.45, 7) is 3.87. The number of nitrogens with one attached hydrogen (secondary N) is 1. The molecule has 0 amide bonds. The van der Waals surface area contributed by atoms with Gasteiger partial charge >= 0.3 is 6.36 Å². The highest BCUT2D eigenvalue weighted by molar-refractivity contribution is 5.01. The number of alkyl halides is 3. The van der Waals surface area contributed by atoms with Gasteiger partial charge in [-0.2, -0.15) is 0 Å². The molecule has 18 heavy (non-hydrogen) atoms. The Morgan fingerprint density at radius 1 is 1.33 bits per heavy atom. The summed E-state index contributed by atoms with van der Waals surface area (Å²) in [4.78, 5) is 2.20.